The Bertz CT molecular complexity index is 270. The molecule has 3 N–H and O–H groups in total. The number of hydrogen-bond donors (Lipinski definition) is 2. The molecular weight excluding hydrogens is 220 g/mol. The fourth-order valence-corrected chi connectivity index (χ4v) is 2.74. The minimum Gasteiger partial charge on any atom is -0.396 e. The van der Waals surface area contributed by atoms with Crippen LogP contribution in [-0.4, -0.2) is 54.9 Å². The standard InChI is InChI=1S/C12H22N2O3/c13-11-8-17-7-10(11)12(16)14-4-1-2-9(6-14)3-5-15/h9-11,15H,1-8,13H2. The Morgan fingerprint density at radius 1 is 1.47 bits per heavy atom. The Morgan fingerprint density at radius 2 is 2.29 bits per heavy atom. The van der Waals surface area contributed by atoms with Gasteiger partial charge in [-0.3, -0.25) is 4.79 Å². The molecule has 5 nitrogen and oxygen atoms in total. The highest BCUT2D eigenvalue weighted by Crippen LogP contribution is 2.23. The van der Waals surface area contributed by atoms with E-state index >= 15 is 0 Å². The number of piperidine rings is 1. The van der Waals surface area contributed by atoms with E-state index in [0.717, 1.165) is 32.4 Å². The van der Waals surface area contributed by atoms with Crippen molar-refractivity contribution in [3.8, 4) is 0 Å². The fraction of sp³-hybridized carbons (Fsp3) is 0.917. The Labute approximate surface area is 102 Å². The average molecular weight is 242 g/mol. The van der Waals surface area contributed by atoms with Crippen molar-refractivity contribution in [3.63, 3.8) is 0 Å². The summed E-state index contributed by atoms with van der Waals surface area (Å²) in [7, 11) is 0. The van der Waals surface area contributed by atoms with E-state index in [1.165, 1.54) is 0 Å². The van der Waals surface area contributed by atoms with Gasteiger partial charge in [-0.1, -0.05) is 0 Å². The Balaban J connectivity index is 1.90. The number of carbonyl (C=O) groups excluding carboxylic acids is 1. The van der Waals surface area contributed by atoms with Crippen LogP contribution >= 0.6 is 0 Å². The highest BCUT2D eigenvalue weighted by Gasteiger charge is 2.35. The second kappa shape index (κ2) is 5.80. The van der Waals surface area contributed by atoms with E-state index < -0.39 is 0 Å². The molecule has 2 aliphatic heterocycles. The molecule has 17 heavy (non-hydrogen) atoms. The lowest BCUT2D eigenvalue weighted by Crippen LogP contribution is -2.47. The number of likely N-dealkylation sites (tertiary alicyclic amines) is 1. The minimum atomic E-state index is -0.164. The third-order valence-corrected chi connectivity index (χ3v) is 3.81. The maximum absolute atomic E-state index is 12.3. The molecule has 0 spiro atoms. The van der Waals surface area contributed by atoms with Gasteiger partial charge >= 0.3 is 0 Å². The third-order valence-electron chi connectivity index (χ3n) is 3.81. The Morgan fingerprint density at radius 3 is 2.94 bits per heavy atom. The molecule has 0 aromatic carbocycles. The molecule has 0 aliphatic carbocycles. The second-order valence-corrected chi connectivity index (χ2v) is 5.11. The van der Waals surface area contributed by atoms with E-state index in [2.05, 4.69) is 0 Å². The van der Waals surface area contributed by atoms with E-state index in [1.54, 1.807) is 0 Å². The van der Waals surface area contributed by atoms with E-state index in [4.69, 9.17) is 15.6 Å². The minimum absolute atomic E-state index is 0.137. The summed E-state index contributed by atoms with van der Waals surface area (Å²) in [6.07, 6.45) is 2.92. The van der Waals surface area contributed by atoms with Crippen molar-refractivity contribution < 1.29 is 14.6 Å². The maximum Gasteiger partial charge on any atom is 0.229 e. The van der Waals surface area contributed by atoms with Crippen LogP contribution in [0.1, 0.15) is 19.3 Å². The lowest BCUT2D eigenvalue weighted by molar-refractivity contribution is -0.137. The number of hydrogen-bond acceptors (Lipinski definition) is 4. The molecule has 0 saturated carbocycles. The molecular formula is C12H22N2O3. The molecule has 2 rings (SSSR count). The SMILES string of the molecule is NC1COCC1C(=O)N1CCCC(CCO)C1. The molecule has 2 aliphatic rings. The summed E-state index contributed by atoms with van der Waals surface area (Å²) in [5, 5.41) is 8.95. The Hall–Kier alpha value is -0.650. The first-order valence-corrected chi connectivity index (χ1v) is 6.45. The van der Waals surface area contributed by atoms with Crippen LogP contribution in [0.4, 0.5) is 0 Å². The zero-order chi connectivity index (χ0) is 12.3. The first kappa shape index (κ1) is 12.8. The molecule has 2 saturated heterocycles. The number of ether oxygens (including phenoxy) is 1. The average Bonchev–Trinajstić information content (AvgIpc) is 2.75. The van der Waals surface area contributed by atoms with Gasteiger partial charge in [-0.05, 0) is 25.2 Å². The van der Waals surface area contributed by atoms with Gasteiger partial charge in [0.25, 0.3) is 0 Å². The van der Waals surface area contributed by atoms with Gasteiger partial charge < -0.3 is 20.5 Å². The summed E-state index contributed by atoms with van der Waals surface area (Å²) in [6.45, 7) is 2.75. The van der Waals surface area contributed by atoms with Crippen molar-refractivity contribution in [3.05, 3.63) is 0 Å². The molecule has 2 fully saturated rings. The van der Waals surface area contributed by atoms with Gasteiger partial charge in [0.05, 0.1) is 19.1 Å². The predicted molar refractivity (Wildman–Crippen MR) is 63.3 cm³/mol. The summed E-state index contributed by atoms with van der Waals surface area (Å²) in [5.74, 6) is 0.414. The van der Waals surface area contributed by atoms with E-state index in [1.807, 2.05) is 4.90 Å². The number of aliphatic hydroxyl groups is 1. The van der Waals surface area contributed by atoms with Crippen molar-refractivity contribution in [2.24, 2.45) is 17.6 Å². The monoisotopic (exact) mass is 242 g/mol. The molecule has 0 aromatic rings. The molecule has 0 radical (unpaired) electrons. The van der Waals surface area contributed by atoms with E-state index in [0.29, 0.717) is 19.1 Å². The zero-order valence-corrected chi connectivity index (χ0v) is 10.2. The van der Waals surface area contributed by atoms with Crippen LogP contribution < -0.4 is 5.73 Å². The largest absolute Gasteiger partial charge is 0.396 e. The number of carbonyl (C=O) groups is 1. The van der Waals surface area contributed by atoms with Gasteiger partial charge in [-0.2, -0.15) is 0 Å². The van der Waals surface area contributed by atoms with Crippen LogP contribution in [0.5, 0.6) is 0 Å². The summed E-state index contributed by atoms with van der Waals surface area (Å²) >= 11 is 0. The number of nitrogens with zero attached hydrogens (tertiary/aromatic N) is 1. The van der Waals surface area contributed by atoms with Gasteiger partial charge in [0.15, 0.2) is 0 Å². The molecule has 98 valence electrons. The molecule has 0 aromatic heterocycles. The van der Waals surface area contributed by atoms with E-state index in [-0.39, 0.29) is 24.5 Å². The maximum atomic E-state index is 12.3. The summed E-state index contributed by atoms with van der Waals surface area (Å²) in [5.41, 5.74) is 5.87. The number of aliphatic hydroxyl groups excluding tert-OH is 1. The summed E-state index contributed by atoms with van der Waals surface area (Å²) in [6, 6.07) is -0.152. The molecule has 2 heterocycles. The highest BCUT2D eigenvalue weighted by molar-refractivity contribution is 5.80. The quantitative estimate of drug-likeness (QED) is 0.705. The number of rotatable bonds is 3. The van der Waals surface area contributed by atoms with Gasteiger partial charge in [-0.25, -0.2) is 0 Å². The zero-order valence-electron chi connectivity index (χ0n) is 10.2. The normalized spacial score (nSPS) is 34.0. The van der Waals surface area contributed by atoms with Gasteiger partial charge in [0, 0.05) is 25.7 Å². The van der Waals surface area contributed by atoms with Crippen LogP contribution in [0.25, 0.3) is 0 Å². The third kappa shape index (κ3) is 2.97. The highest BCUT2D eigenvalue weighted by atomic mass is 16.5. The van der Waals surface area contributed by atoms with Crippen LogP contribution in [0.3, 0.4) is 0 Å². The summed E-state index contributed by atoms with van der Waals surface area (Å²) in [4.78, 5) is 14.2. The molecule has 0 bridgehead atoms. The Kier molecular flexibility index (Phi) is 4.36. The van der Waals surface area contributed by atoms with Gasteiger partial charge in [0.1, 0.15) is 0 Å². The second-order valence-electron chi connectivity index (χ2n) is 5.11. The van der Waals surface area contributed by atoms with Crippen LogP contribution in [-0.2, 0) is 9.53 Å². The molecule has 3 unspecified atom stereocenters. The van der Waals surface area contributed by atoms with Gasteiger partial charge in [0.2, 0.25) is 5.91 Å². The first-order chi connectivity index (χ1) is 8.22. The lowest BCUT2D eigenvalue weighted by atomic mass is 9.93. The van der Waals surface area contributed by atoms with Crippen molar-refractivity contribution in [2.75, 3.05) is 32.9 Å². The van der Waals surface area contributed by atoms with Crippen molar-refractivity contribution in [1.29, 1.82) is 0 Å². The number of nitrogens with two attached hydrogens (primary N) is 1. The summed E-state index contributed by atoms with van der Waals surface area (Å²) < 4.78 is 5.24. The predicted octanol–water partition coefficient (Wildman–Crippen LogP) is -0.419. The first-order valence-electron chi connectivity index (χ1n) is 6.45. The van der Waals surface area contributed by atoms with Crippen LogP contribution in [0.15, 0.2) is 0 Å². The lowest BCUT2D eigenvalue weighted by Gasteiger charge is -2.34. The van der Waals surface area contributed by atoms with Crippen LogP contribution in [0.2, 0.25) is 0 Å². The van der Waals surface area contributed by atoms with E-state index in [9.17, 15) is 4.79 Å². The van der Waals surface area contributed by atoms with Crippen molar-refractivity contribution in [1.82, 2.24) is 4.90 Å². The fourth-order valence-electron chi connectivity index (χ4n) is 2.74. The molecule has 5 heteroatoms. The molecule has 3 atom stereocenters. The number of amides is 1. The van der Waals surface area contributed by atoms with Crippen LogP contribution in [0, 0.1) is 11.8 Å². The van der Waals surface area contributed by atoms with Crippen molar-refractivity contribution >= 4 is 5.91 Å². The smallest absolute Gasteiger partial charge is 0.229 e. The van der Waals surface area contributed by atoms with Gasteiger partial charge in [-0.15, -0.1) is 0 Å². The van der Waals surface area contributed by atoms with Crippen molar-refractivity contribution in [2.45, 2.75) is 25.3 Å². The molecule has 1 amide bonds. The topological polar surface area (TPSA) is 75.8 Å².